The average Bonchev–Trinajstić information content (AvgIpc) is 3.68. The van der Waals surface area contributed by atoms with Gasteiger partial charge in [0.15, 0.2) is 5.83 Å². The average molecular weight is 749 g/mol. The molecule has 0 spiro atoms. The third-order valence-electron chi connectivity index (χ3n) is 8.42. The molecule has 2 unspecified atom stereocenters. The largest absolute Gasteiger partial charge is 0.325 e. The maximum absolute atomic E-state index is 13.4. The number of pyridine rings is 2. The molecule has 0 N–H and O–H groups in total. The summed E-state index contributed by atoms with van der Waals surface area (Å²) in [7, 11) is 0. The first-order valence-corrected chi connectivity index (χ1v) is 18.9. The van der Waals surface area contributed by atoms with Crippen LogP contribution in [0.2, 0.25) is 0 Å². The van der Waals surface area contributed by atoms with E-state index in [4.69, 9.17) is 0 Å². The van der Waals surface area contributed by atoms with Crippen LogP contribution in [0.5, 0.6) is 0 Å². The van der Waals surface area contributed by atoms with Crippen molar-refractivity contribution in [2.75, 3.05) is 24.6 Å². The van der Waals surface area contributed by atoms with Crippen molar-refractivity contribution < 1.29 is 27.2 Å². The van der Waals surface area contributed by atoms with Gasteiger partial charge in [-0.15, -0.1) is 23.5 Å². The van der Waals surface area contributed by atoms with Crippen molar-refractivity contribution in [3.63, 3.8) is 0 Å². The van der Waals surface area contributed by atoms with Gasteiger partial charge in [-0.25, -0.2) is 8.78 Å². The van der Waals surface area contributed by atoms with Gasteiger partial charge < -0.3 is 9.80 Å². The van der Waals surface area contributed by atoms with Gasteiger partial charge in [-0.05, 0) is 46.2 Å². The monoisotopic (exact) mass is 748 g/mol. The standard InChI is InChI=1S/C20H19F3N2OS.C20H21FN2OS/c1-12(2)10-25-17(26)11-27-20(25)16-9-24-8-7-15(16)13-3-5-14(6-4-13)18(21)19(22)23;1-13(2)11-23-19(24)12-25-20(23)18-10-22-9-8-17(18)16-6-4-15(5-7-16)14(3)21/h3-9,12,20H,10-11H2,1-2H3;4-10,13,20H,3,11-12H2,1-2H3. The van der Waals surface area contributed by atoms with Crippen molar-refractivity contribution in [1.82, 2.24) is 19.8 Å². The maximum atomic E-state index is 13.4. The van der Waals surface area contributed by atoms with E-state index in [-0.39, 0.29) is 28.1 Å². The zero-order chi connectivity index (χ0) is 37.5. The van der Waals surface area contributed by atoms with Crippen molar-refractivity contribution in [3.05, 3.63) is 120 Å². The third kappa shape index (κ3) is 9.14. The molecule has 2 amide bonds. The molecule has 0 aliphatic carbocycles. The Morgan fingerprint density at radius 2 is 1.10 bits per heavy atom. The number of nitrogens with zero attached hydrogens (tertiary/aromatic N) is 4. The molecular formula is C40H40F4N4O2S2. The molecule has 4 aromatic rings. The summed E-state index contributed by atoms with van der Waals surface area (Å²) in [5.74, 6) is -0.0572. The van der Waals surface area contributed by atoms with Crippen LogP contribution in [0.1, 0.15) is 60.7 Å². The van der Waals surface area contributed by atoms with Gasteiger partial charge in [-0.1, -0.05) is 82.8 Å². The summed E-state index contributed by atoms with van der Waals surface area (Å²) in [5.41, 5.74) is 5.82. The fraction of sp³-hybridized carbons (Fsp3) is 0.300. The minimum Gasteiger partial charge on any atom is -0.325 e. The molecule has 2 atom stereocenters. The summed E-state index contributed by atoms with van der Waals surface area (Å²) in [6.07, 6.45) is 4.62. The first-order valence-electron chi connectivity index (χ1n) is 16.8. The number of halogens is 4. The van der Waals surface area contributed by atoms with Crippen molar-refractivity contribution in [1.29, 1.82) is 0 Å². The molecule has 2 fully saturated rings. The smallest absolute Gasteiger partial charge is 0.306 e. The SMILES string of the molecule is C=C(F)c1ccc(-c2ccncc2C2SCC(=O)N2CC(C)C)cc1.CC(C)CN1C(=O)CSC1c1cnccc1-c1ccc(C(F)=C(F)F)cc1. The maximum Gasteiger partial charge on any atom is 0.306 e. The molecule has 12 heteroatoms. The van der Waals surface area contributed by atoms with Crippen molar-refractivity contribution in [3.8, 4) is 22.3 Å². The highest BCUT2D eigenvalue weighted by Gasteiger charge is 2.36. The highest BCUT2D eigenvalue weighted by molar-refractivity contribution is 8.00. The molecule has 2 saturated heterocycles. The molecule has 0 radical (unpaired) electrons. The van der Waals surface area contributed by atoms with Crippen LogP contribution in [0.25, 0.3) is 33.9 Å². The number of thioether (sulfide) groups is 2. The number of carbonyl (C=O) groups is 2. The lowest BCUT2D eigenvalue weighted by molar-refractivity contribution is -0.129. The van der Waals surface area contributed by atoms with Gasteiger partial charge in [-0.2, -0.15) is 8.78 Å². The highest BCUT2D eigenvalue weighted by atomic mass is 32.2. The predicted molar refractivity (Wildman–Crippen MR) is 203 cm³/mol. The lowest BCUT2D eigenvalue weighted by Crippen LogP contribution is -2.31. The molecule has 272 valence electrons. The molecule has 4 heterocycles. The van der Waals surface area contributed by atoms with Crippen LogP contribution in [-0.2, 0) is 9.59 Å². The van der Waals surface area contributed by atoms with E-state index < -0.39 is 17.7 Å². The molecule has 2 aliphatic heterocycles. The number of rotatable bonds is 10. The lowest BCUT2D eigenvalue weighted by atomic mass is 9.99. The minimum atomic E-state index is -2.34. The van der Waals surface area contributed by atoms with Crippen LogP contribution >= 0.6 is 23.5 Å². The van der Waals surface area contributed by atoms with E-state index in [0.717, 1.165) is 39.9 Å². The van der Waals surface area contributed by atoms with Gasteiger partial charge in [0.1, 0.15) is 16.6 Å². The zero-order valence-electron chi connectivity index (χ0n) is 29.4. The van der Waals surface area contributed by atoms with Crippen molar-refractivity contribution >= 4 is 47.0 Å². The number of hydrogen-bond acceptors (Lipinski definition) is 6. The van der Waals surface area contributed by atoms with Gasteiger partial charge in [0.05, 0.1) is 11.5 Å². The second kappa shape index (κ2) is 17.4. The molecular weight excluding hydrogens is 709 g/mol. The molecule has 52 heavy (non-hydrogen) atoms. The lowest BCUT2D eigenvalue weighted by Gasteiger charge is -2.27. The molecule has 2 aromatic carbocycles. The van der Waals surface area contributed by atoms with E-state index in [1.165, 1.54) is 12.1 Å². The van der Waals surface area contributed by atoms with Crippen LogP contribution in [-0.4, -0.2) is 56.2 Å². The Hall–Kier alpha value is -4.42. The molecule has 6 nitrogen and oxygen atoms in total. The Morgan fingerprint density at radius 3 is 1.46 bits per heavy atom. The number of carbonyl (C=O) groups excluding carboxylic acids is 2. The second-order valence-corrected chi connectivity index (χ2v) is 15.4. The summed E-state index contributed by atoms with van der Waals surface area (Å²) in [4.78, 5) is 36.9. The molecule has 2 aromatic heterocycles. The Balaban J connectivity index is 0.000000202. The summed E-state index contributed by atoms with van der Waals surface area (Å²) < 4.78 is 51.6. The van der Waals surface area contributed by atoms with E-state index >= 15 is 0 Å². The van der Waals surface area contributed by atoms with Crippen LogP contribution < -0.4 is 0 Å². The van der Waals surface area contributed by atoms with Crippen LogP contribution in [0.15, 0.2) is 98.1 Å². The van der Waals surface area contributed by atoms with Crippen LogP contribution in [0.4, 0.5) is 17.6 Å². The van der Waals surface area contributed by atoms with Crippen molar-refractivity contribution in [2.45, 2.75) is 38.4 Å². The van der Waals surface area contributed by atoms with Crippen molar-refractivity contribution in [2.24, 2.45) is 11.8 Å². The molecule has 0 bridgehead atoms. The Bertz CT molecular complexity index is 1930. The topological polar surface area (TPSA) is 66.4 Å². The molecule has 6 rings (SSSR count). The first-order chi connectivity index (χ1) is 24.8. The number of benzene rings is 2. The zero-order valence-corrected chi connectivity index (χ0v) is 31.0. The van der Waals surface area contributed by atoms with E-state index in [9.17, 15) is 27.2 Å². The van der Waals surface area contributed by atoms with Gasteiger partial charge in [0.2, 0.25) is 11.8 Å². The van der Waals surface area contributed by atoms with Gasteiger partial charge >= 0.3 is 6.08 Å². The Labute approximate surface area is 310 Å². The van der Waals surface area contributed by atoms with Gasteiger partial charge in [-0.3, -0.25) is 19.6 Å². The second-order valence-electron chi connectivity index (χ2n) is 13.3. The number of amides is 2. The number of hydrogen-bond donors (Lipinski definition) is 0. The first kappa shape index (κ1) is 38.8. The van der Waals surface area contributed by atoms with E-state index in [0.29, 0.717) is 35.4 Å². The minimum absolute atomic E-state index is 0.0329. The number of aromatic nitrogens is 2. The fourth-order valence-electron chi connectivity index (χ4n) is 6.07. The van der Waals surface area contributed by atoms with Crippen LogP contribution in [0.3, 0.4) is 0 Å². The van der Waals surface area contributed by atoms with E-state index in [1.807, 2.05) is 40.3 Å². The Morgan fingerprint density at radius 1 is 0.692 bits per heavy atom. The summed E-state index contributed by atoms with van der Waals surface area (Å²) in [6.45, 7) is 13.0. The summed E-state index contributed by atoms with van der Waals surface area (Å²) in [6, 6.07) is 16.8. The highest BCUT2D eigenvalue weighted by Crippen LogP contribution is 2.44. The van der Waals surface area contributed by atoms with E-state index in [1.54, 1.807) is 66.4 Å². The summed E-state index contributed by atoms with van der Waals surface area (Å²) in [5, 5.41) is -0.183. The predicted octanol–water partition coefficient (Wildman–Crippen LogP) is 10.4. The van der Waals surface area contributed by atoms with E-state index in [2.05, 4.69) is 44.2 Å². The molecule has 0 saturated carbocycles. The fourth-order valence-corrected chi connectivity index (χ4v) is 8.51. The Kier molecular flexibility index (Phi) is 13.0. The van der Waals surface area contributed by atoms with Gasteiger partial charge in [0, 0.05) is 60.1 Å². The van der Waals surface area contributed by atoms with Gasteiger partial charge in [0.25, 0.3) is 0 Å². The normalized spacial score (nSPS) is 17.1. The summed E-state index contributed by atoms with van der Waals surface area (Å²) >= 11 is 3.18. The molecule has 2 aliphatic rings. The quantitative estimate of drug-likeness (QED) is 0.151. The van der Waals surface area contributed by atoms with Crippen LogP contribution in [0, 0.1) is 11.8 Å². The third-order valence-corrected chi connectivity index (χ3v) is 10.9.